The average Bonchev–Trinajstić information content (AvgIpc) is 2.27. The Morgan fingerprint density at radius 3 is 2.20 bits per heavy atom. The zero-order valence-corrected chi connectivity index (χ0v) is 13.5. The predicted octanol–water partition coefficient (Wildman–Crippen LogP) is 3.82. The molecular formula is C16H30F2N2. The number of halogens is 2. The molecule has 2 rings (SSSR count). The van der Waals surface area contributed by atoms with E-state index in [0.29, 0.717) is 12.0 Å². The highest BCUT2D eigenvalue weighted by atomic mass is 19.3. The quantitative estimate of drug-likeness (QED) is 0.710. The van der Waals surface area contributed by atoms with Gasteiger partial charge in [-0.25, -0.2) is 4.90 Å². The number of alkyl halides is 2. The van der Waals surface area contributed by atoms with Crippen LogP contribution in [0.25, 0.3) is 0 Å². The largest absolute Gasteiger partial charge is 0.302 e. The van der Waals surface area contributed by atoms with Crippen LogP contribution >= 0.6 is 0 Å². The Morgan fingerprint density at radius 1 is 1.25 bits per heavy atom. The Bertz CT molecular complexity index is 309. The minimum atomic E-state index is -2.67. The smallest absolute Gasteiger partial charge is 0.302 e. The predicted molar refractivity (Wildman–Crippen MR) is 79.0 cm³/mol. The summed E-state index contributed by atoms with van der Waals surface area (Å²) >= 11 is 0. The van der Waals surface area contributed by atoms with Crippen LogP contribution in [0.1, 0.15) is 53.4 Å². The lowest BCUT2D eigenvalue weighted by Crippen LogP contribution is -2.60. The standard InChI is InChI=1S/C16H30F2N2/c1-5-20(15(4,17)18)14-6-8-16(9-7-14)11-19(12-16)10-13(2)3/h13-14H,5-12H2,1-4H3. The molecule has 1 saturated heterocycles. The van der Waals surface area contributed by atoms with E-state index in [4.69, 9.17) is 0 Å². The van der Waals surface area contributed by atoms with Crippen molar-refractivity contribution in [2.24, 2.45) is 11.3 Å². The summed E-state index contributed by atoms with van der Waals surface area (Å²) in [6.45, 7) is 11.4. The van der Waals surface area contributed by atoms with Crippen LogP contribution in [-0.4, -0.2) is 48.1 Å². The molecule has 4 heteroatoms. The van der Waals surface area contributed by atoms with Gasteiger partial charge in [0.25, 0.3) is 0 Å². The molecule has 118 valence electrons. The second-order valence-electron chi connectivity index (χ2n) is 7.42. The molecule has 0 aromatic rings. The van der Waals surface area contributed by atoms with Crippen LogP contribution in [0.15, 0.2) is 0 Å². The first-order chi connectivity index (χ1) is 9.26. The van der Waals surface area contributed by atoms with E-state index >= 15 is 0 Å². The van der Waals surface area contributed by atoms with E-state index in [-0.39, 0.29) is 6.04 Å². The molecule has 0 aromatic heterocycles. The molecule has 0 atom stereocenters. The maximum Gasteiger partial charge on any atom is 0.302 e. The second-order valence-corrected chi connectivity index (χ2v) is 7.42. The number of nitrogens with zero attached hydrogens (tertiary/aromatic N) is 2. The Balaban J connectivity index is 1.82. The van der Waals surface area contributed by atoms with Crippen molar-refractivity contribution >= 4 is 0 Å². The third-order valence-corrected chi connectivity index (χ3v) is 5.04. The molecule has 1 aliphatic heterocycles. The van der Waals surface area contributed by atoms with Gasteiger partial charge < -0.3 is 4.90 Å². The van der Waals surface area contributed by atoms with E-state index in [1.54, 1.807) is 0 Å². The van der Waals surface area contributed by atoms with Gasteiger partial charge >= 0.3 is 6.05 Å². The molecule has 0 N–H and O–H groups in total. The fourth-order valence-corrected chi connectivity index (χ4v) is 4.25. The highest BCUT2D eigenvalue weighted by Crippen LogP contribution is 2.45. The van der Waals surface area contributed by atoms with Crippen molar-refractivity contribution in [3.63, 3.8) is 0 Å². The van der Waals surface area contributed by atoms with E-state index in [1.807, 2.05) is 6.92 Å². The molecular weight excluding hydrogens is 258 g/mol. The third kappa shape index (κ3) is 3.51. The lowest BCUT2D eigenvalue weighted by molar-refractivity contribution is -0.162. The van der Waals surface area contributed by atoms with Gasteiger partial charge in [0.1, 0.15) is 0 Å². The molecule has 0 unspecified atom stereocenters. The molecule has 1 heterocycles. The molecule has 2 nitrogen and oxygen atoms in total. The molecule has 0 amide bonds. The van der Waals surface area contributed by atoms with Crippen molar-refractivity contribution in [3.8, 4) is 0 Å². The van der Waals surface area contributed by atoms with Gasteiger partial charge in [0, 0.05) is 39.1 Å². The first kappa shape index (κ1) is 16.2. The van der Waals surface area contributed by atoms with Crippen LogP contribution < -0.4 is 0 Å². The summed E-state index contributed by atoms with van der Waals surface area (Å²) in [5.74, 6) is 0.720. The molecule has 0 bridgehead atoms. The molecule has 2 aliphatic rings. The van der Waals surface area contributed by atoms with Gasteiger partial charge in [0.2, 0.25) is 0 Å². The number of hydrogen-bond donors (Lipinski definition) is 0. The lowest BCUT2D eigenvalue weighted by atomic mass is 9.67. The third-order valence-electron chi connectivity index (χ3n) is 5.04. The Labute approximate surface area is 122 Å². The summed E-state index contributed by atoms with van der Waals surface area (Å²) < 4.78 is 27.2. The molecule has 20 heavy (non-hydrogen) atoms. The van der Waals surface area contributed by atoms with Gasteiger partial charge in [0.15, 0.2) is 0 Å². The Kier molecular flexibility index (Phi) is 4.75. The molecule has 0 aromatic carbocycles. The summed E-state index contributed by atoms with van der Waals surface area (Å²) in [6, 6.07) is -2.60. The zero-order valence-electron chi connectivity index (χ0n) is 13.5. The van der Waals surface area contributed by atoms with Crippen LogP contribution in [0.5, 0.6) is 0 Å². The topological polar surface area (TPSA) is 6.48 Å². The lowest BCUT2D eigenvalue weighted by Gasteiger charge is -2.55. The van der Waals surface area contributed by atoms with E-state index in [1.165, 1.54) is 24.5 Å². The number of likely N-dealkylation sites (tertiary alicyclic amines) is 1. The van der Waals surface area contributed by atoms with E-state index in [9.17, 15) is 8.78 Å². The van der Waals surface area contributed by atoms with Gasteiger partial charge in [-0.15, -0.1) is 0 Å². The van der Waals surface area contributed by atoms with Crippen molar-refractivity contribution in [2.45, 2.75) is 65.5 Å². The molecule has 1 saturated carbocycles. The van der Waals surface area contributed by atoms with E-state index in [0.717, 1.165) is 38.5 Å². The van der Waals surface area contributed by atoms with Crippen molar-refractivity contribution in [1.82, 2.24) is 9.80 Å². The molecule has 2 fully saturated rings. The van der Waals surface area contributed by atoms with E-state index < -0.39 is 6.05 Å². The van der Waals surface area contributed by atoms with Gasteiger partial charge in [-0.3, -0.25) is 0 Å². The van der Waals surface area contributed by atoms with Crippen molar-refractivity contribution in [3.05, 3.63) is 0 Å². The summed E-state index contributed by atoms with van der Waals surface area (Å²) in [7, 11) is 0. The normalized spacial score (nSPS) is 24.6. The monoisotopic (exact) mass is 288 g/mol. The van der Waals surface area contributed by atoms with Crippen molar-refractivity contribution in [1.29, 1.82) is 0 Å². The minimum absolute atomic E-state index is 0.0739. The summed E-state index contributed by atoms with van der Waals surface area (Å²) in [4.78, 5) is 3.92. The van der Waals surface area contributed by atoms with Crippen LogP contribution in [0.2, 0.25) is 0 Å². The maximum absolute atomic E-state index is 13.6. The van der Waals surface area contributed by atoms with Gasteiger partial charge in [0.05, 0.1) is 0 Å². The van der Waals surface area contributed by atoms with Crippen LogP contribution in [0.4, 0.5) is 8.78 Å². The van der Waals surface area contributed by atoms with Crippen molar-refractivity contribution < 1.29 is 8.78 Å². The minimum Gasteiger partial charge on any atom is -0.302 e. The summed E-state index contributed by atoms with van der Waals surface area (Å²) in [5.41, 5.74) is 0.452. The zero-order chi connectivity index (χ0) is 15.0. The Hall–Kier alpha value is -0.220. The number of hydrogen-bond acceptors (Lipinski definition) is 2. The van der Waals surface area contributed by atoms with Crippen molar-refractivity contribution in [2.75, 3.05) is 26.2 Å². The molecule has 0 radical (unpaired) electrons. The van der Waals surface area contributed by atoms with Crippen LogP contribution in [-0.2, 0) is 0 Å². The first-order valence-corrected chi connectivity index (χ1v) is 8.13. The SMILES string of the molecule is CCN(C1CCC2(CC1)CN(CC(C)C)C2)C(C)(F)F. The molecule has 1 aliphatic carbocycles. The summed E-state index contributed by atoms with van der Waals surface area (Å²) in [5, 5.41) is 0. The van der Waals surface area contributed by atoms with Crippen LogP contribution in [0.3, 0.4) is 0 Å². The fraction of sp³-hybridized carbons (Fsp3) is 1.00. The highest BCUT2D eigenvalue weighted by Gasteiger charge is 2.47. The second kappa shape index (κ2) is 5.88. The van der Waals surface area contributed by atoms with E-state index in [2.05, 4.69) is 18.7 Å². The average molecular weight is 288 g/mol. The fourth-order valence-electron chi connectivity index (χ4n) is 4.25. The first-order valence-electron chi connectivity index (χ1n) is 8.13. The Morgan fingerprint density at radius 2 is 1.80 bits per heavy atom. The number of rotatable bonds is 5. The van der Waals surface area contributed by atoms with Gasteiger partial charge in [-0.2, -0.15) is 8.78 Å². The summed E-state index contributed by atoms with van der Waals surface area (Å²) in [6.07, 6.45) is 4.12. The van der Waals surface area contributed by atoms with Crippen LogP contribution in [0, 0.1) is 11.3 Å². The van der Waals surface area contributed by atoms with Gasteiger partial charge in [-0.05, 0) is 37.0 Å². The van der Waals surface area contributed by atoms with Gasteiger partial charge in [-0.1, -0.05) is 20.8 Å². The highest BCUT2D eigenvalue weighted by molar-refractivity contribution is 4.99. The maximum atomic E-state index is 13.6. The molecule has 1 spiro atoms.